The molecule has 0 radical (unpaired) electrons. The summed E-state index contributed by atoms with van der Waals surface area (Å²) in [7, 11) is 0. The Morgan fingerprint density at radius 1 is 1.62 bits per heavy atom. The zero-order chi connectivity index (χ0) is 12.1. The van der Waals surface area contributed by atoms with Crippen molar-refractivity contribution in [1.29, 1.82) is 0 Å². The summed E-state index contributed by atoms with van der Waals surface area (Å²) in [6.45, 7) is 3.84. The van der Waals surface area contributed by atoms with Gasteiger partial charge in [0.2, 0.25) is 0 Å². The Morgan fingerprint density at radius 3 is 2.81 bits per heavy atom. The number of aryl methyl sites for hydroxylation is 1. The Balaban J connectivity index is 2.85. The van der Waals surface area contributed by atoms with Crippen LogP contribution in [0.5, 0.6) is 0 Å². The topological polar surface area (TPSA) is 29.1 Å². The molecule has 0 bridgehead atoms. The molecule has 1 atom stereocenters. The van der Waals surface area contributed by atoms with Crippen molar-refractivity contribution in [2.75, 3.05) is 0 Å². The summed E-state index contributed by atoms with van der Waals surface area (Å²) < 4.78 is 0.963. The molecule has 0 heterocycles. The minimum atomic E-state index is -0.199. The molecule has 1 rings (SSSR count). The highest BCUT2D eigenvalue weighted by atomic mass is 79.9. The van der Waals surface area contributed by atoms with Crippen molar-refractivity contribution in [3.05, 3.63) is 33.8 Å². The highest BCUT2D eigenvalue weighted by Crippen LogP contribution is 2.15. The third-order valence-electron chi connectivity index (χ3n) is 2.35. The summed E-state index contributed by atoms with van der Waals surface area (Å²) in [6, 6.07) is 5.35. The van der Waals surface area contributed by atoms with Gasteiger partial charge < -0.3 is 5.32 Å². The van der Waals surface area contributed by atoms with E-state index in [2.05, 4.69) is 27.2 Å². The molecule has 0 aliphatic carbocycles. The number of hydrogen-bond acceptors (Lipinski definition) is 1. The lowest BCUT2D eigenvalue weighted by atomic mass is 10.1. The van der Waals surface area contributed by atoms with E-state index >= 15 is 0 Å². The fourth-order valence-electron chi connectivity index (χ4n) is 1.38. The van der Waals surface area contributed by atoms with Crippen LogP contribution in [0.1, 0.15) is 29.3 Å². The average molecular weight is 280 g/mol. The SMILES string of the molecule is C#CC(CC)NC(=O)c1ccc(Br)cc1C. The van der Waals surface area contributed by atoms with E-state index in [9.17, 15) is 4.79 Å². The second kappa shape index (κ2) is 5.72. The molecule has 1 N–H and O–H groups in total. The molecule has 84 valence electrons. The second-order valence-corrected chi connectivity index (χ2v) is 4.48. The van der Waals surface area contributed by atoms with Gasteiger partial charge in [0.1, 0.15) is 0 Å². The summed E-state index contributed by atoms with van der Waals surface area (Å²) >= 11 is 3.36. The maximum absolute atomic E-state index is 11.9. The van der Waals surface area contributed by atoms with E-state index < -0.39 is 0 Å². The number of carbonyl (C=O) groups excluding carboxylic acids is 1. The van der Waals surface area contributed by atoms with E-state index in [1.807, 2.05) is 26.0 Å². The molecule has 1 aromatic carbocycles. The Labute approximate surface area is 105 Å². The zero-order valence-electron chi connectivity index (χ0n) is 9.38. The molecule has 0 saturated heterocycles. The number of benzene rings is 1. The summed E-state index contributed by atoms with van der Waals surface area (Å²) in [5.74, 6) is 2.43. The highest BCUT2D eigenvalue weighted by molar-refractivity contribution is 9.10. The first-order chi connectivity index (χ1) is 7.58. The van der Waals surface area contributed by atoms with E-state index in [1.54, 1.807) is 6.07 Å². The first-order valence-corrected chi connectivity index (χ1v) is 5.91. The first kappa shape index (κ1) is 12.8. The molecular weight excluding hydrogens is 266 g/mol. The normalized spacial score (nSPS) is 11.6. The number of hydrogen-bond donors (Lipinski definition) is 1. The Bertz CT molecular complexity index is 434. The standard InChI is InChI=1S/C13H14BrNO/c1-4-11(5-2)15-13(16)12-7-6-10(14)8-9(12)3/h1,6-8,11H,5H2,2-3H3,(H,15,16). The maximum Gasteiger partial charge on any atom is 0.252 e. The maximum atomic E-state index is 11.9. The molecule has 0 saturated carbocycles. The van der Waals surface area contributed by atoms with Crippen LogP contribution in [0.3, 0.4) is 0 Å². The van der Waals surface area contributed by atoms with Gasteiger partial charge in [-0.05, 0) is 37.1 Å². The summed E-state index contributed by atoms with van der Waals surface area (Å²) in [5, 5.41) is 2.80. The molecule has 1 aromatic rings. The number of rotatable bonds is 3. The van der Waals surface area contributed by atoms with E-state index in [0.717, 1.165) is 16.5 Å². The van der Waals surface area contributed by atoms with Crippen molar-refractivity contribution in [1.82, 2.24) is 5.32 Å². The van der Waals surface area contributed by atoms with Crippen molar-refractivity contribution >= 4 is 21.8 Å². The average Bonchev–Trinajstić information content (AvgIpc) is 2.25. The number of halogens is 1. The monoisotopic (exact) mass is 279 g/mol. The van der Waals surface area contributed by atoms with Crippen LogP contribution in [0.2, 0.25) is 0 Å². The summed E-state index contributed by atoms with van der Waals surface area (Å²) in [5.41, 5.74) is 1.59. The van der Waals surface area contributed by atoms with Gasteiger partial charge in [0.15, 0.2) is 0 Å². The smallest absolute Gasteiger partial charge is 0.252 e. The van der Waals surface area contributed by atoms with E-state index in [1.165, 1.54) is 0 Å². The summed E-state index contributed by atoms with van der Waals surface area (Å²) in [6.07, 6.45) is 6.03. The molecule has 2 nitrogen and oxygen atoms in total. The molecule has 0 aliphatic heterocycles. The van der Waals surface area contributed by atoms with Crippen LogP contribution in [0.15, 0.2) is 22.7 Å². The molecule has 0 fully saturated rings. The van der Waals surface area contributed by atoms with Crippen LogP contribution in [-0.4, -0.2) is 11.9 Å². The second-order valence-electron chi connectivity index (χ2n) is 3.56. The molecule has 0 aliphatic rings. The Kier molecular flexibility index (Phi) is 4.57. The molecule has 16 heavy (non-hydrogen) atoms. The number of carbonyl (C=O) groups is 1. The van der Waals surface area contributed by atoms with Crippen LogP contribution in [0.4, 0.5) is 0 Å². The van der Waals surface area contributed by atoms with Gasteiger partial charge in [-0.2, -0.15) is 0 Å². The quantitative estimate of drug-likeness (QED) is 0.847. The molecule has 0 aromatic heterocycles. The predicted octanol–water partition coefficient (Wildman–Crippen LogP) is 2.90. The van der Waals surface area contributed by atoms with Crippen LogP contribution in [0, 0.1) is 19.3 Å². The van der Waals surface area contributed by atoms with Crippen LogP contribution >= 0.6 is 15.9 Å². The molecule has 0 spiro atoms. The minimum Gasteiger partial charge on any atom is -0.338 e. The lowest BCUT2D eigenvalue weighted by Gasteiger charge is -2.12. The fraction of sp³-hybridized carbons (Fsp3) is 0.308. The van der Waals surface area contributed by atoms with Gasteiger partial charge in [0, 0.05) is 10.0 Å². The number of amides is 1. The van der Waals surface area contributed by atoms with Crippen molar-refractivity contribution in [2.24, 2.45) is 0 Å². The first-order valence-electron chi connectivity index (χ1n) is 5.11. The highest BCUT2D eigenvalue weighted by Gasteiger charge is 2.12. The molecule has 3 heteroatoms. The van der Waals surface area contributed by atoms with Crippen LogP contribution < -0.4 is 5.32 Å². The van der Waals surface area contributed by atoms with Gasteiger partial charge in [-0.15, -0.1) is 6.42 Å². The van der Waals surface area contributed by atoms with Gasteiger partial charge in [-0.1, -0.05) is 28.8 Å². The lowest BCUT2D eigenvalue weighted by Crippen LogP contribution is -2.33. The Morgan fingerprint density at radius 2 is 2.31 bits per heavy atom. The molecule has 1 unspecified atom stereocenters. The van der Waals surface area contributed by atoms with Gasteiger partial charge in [0.05, 0.1) is 6.04 Å². The molecule has 1 amide bonds. The van der Waals surface area contributed by atoms with E-state index in [-0.39, 0.29) is 11.9 Å². The largest absolute Gasteiger partial charge is 0.338 e. The van der Waals surface area contributed by atoms with Crippen LogP contribution in [-0.2, 0) is 0 Å². The van der Waals surface area contributed by atoms with Crippen molar-refractivity contribution in [2.45, 2.75) is 26.3 Å². The van der Waals surface area contributed by atoms with Gasteiger partial charge >= 0.3 is 0 Å². The van der Waals surface area contributed by atoms with Gasteiger partial charge in [-0.25, -0.2) is 0 Å². The summed E-state index contributed by atoms with van der Waals surface area (Å²) in [4.78, 5) is 11.9. The lowest BCUT2D eigenvalue weighted by molar-refractivity contribution is 0.0944. The predicted molar refractivity (Wildman–Crippen MR) is 69.3 cm³/mol. The van der Waals surface area contributed by atoms with Crippen LogP contribution in [0.25, 0.3) is 0 Å². The number of nitrogens with one attached hydrogen (secondary N) is 1. The van der Waals surface area contributed by atoms with Gasteiger partial charge in [-0.3, -0.25) is 4.79 Å². The van der Waals surface area contributed by atoms with E-state index in [0.29, 0.717) is 5.56 Å². The number of terminal acetylenes is 1. The third-order valence-corrected chi connectivity index (χ3v) is 2.84. The molecular formula is C13H14BrNO. The van der Waals surface area contributed by atoms with Crippen molar-refractivity contribution < 1.29 is 4.79 Å². The van der Waals surface area contributed by atoms with Gasteiger partial charge in [0.25, 0.3) is 5.91 Å². The third kappa shape index (κ3) is 3.11. The van der Waals surface area contributed by atoms with E-state index in [4.69, 9.17) is 6.42 Å². The van der Waals surface area contributed by atoms with Crippen molar-refractivity contribution in [3.63, 3.8) is 0 Å². The fourth-order valence-corrected chi connectivity index (χ4v) is 1.85. The van der Waals surface area contributed by atoms with Crippen molar-refractivity contribution in [3.8, 4) is 12.3 Å². The zero-order valence-corrected chi connectivity index (χ0v) is 11.0. The minimum absolute atomic E-state index is 0.116. The Hall–Kier alpha value is -1.27.